The molecule has 3 N–H and O–H groups in total. The van der Waals surface area contributed by atoms with Crippen molar-refractivity contribution in [1.82, 2.24) is 15.0 Å². The predicted octanol–water partition coefficient (Wildman–Crippen LogP) is 1.06. The quantitative estimate of drug-likeness (QED) is 0.550. The molecule has 0 aromatic carbocycles. The van der Waals surface area contributed by atoms with Crippen molar-refractivity contribution < 1.29 is 9.63 Å². The summed E-state index contributed by atoms with van der Waals surface area (Å²) in [5, 5.41) is 1.28. The Morgan fingerprint density at radius 1 is 1.65 bits per heavy atom. The number of primary amides is 1. The van der Waals surface area contributed by atoms with Crippen LogP contribution in [-0.4, -0.2) is 34.2 Å². The molecule has 6 heteroatoms. The molecule has 0 spiro atoms. The van der Waals surface area contributed by atoms with E-state index < -0.39 is 6.03 Å². The van der Waals surface area contributed by atoms with E-state index in [1.165, 1.54) is 17.9 Å². The number of nitrogens with one attached hydrogen (secondary N) is 1. The smallest absolute Gasteiger partial charge is 0.338 e. The minimum absolute atomic E-state index is 0.489. The van der Waals surface area contributed by atoms with Gasteiger partial charge < -0.3 is 10.7 Å². The fourth-order valence-corrected chi connectivity index (χ4v) is 1.60. The van der Waals surface area contributed by atoms with E-state index in [-0.39, 0.29) is 0 Å². The van der Waals surface area contributed by atoms with E-state index >= 15 is 0 Å². The lowest BCUT2D eigenvalue weighted by molar-refractivity contribution is -0.118. The summed E-state index contributed by atoms with van der Waals surface area (Å²) in [6, 6.07) is -0.503. The van der Waals surface area contributed by atoms with Gasteiger partial charge in [-0.05, 0) is 31.6 Å². The maximum Gasteiger partial charge on any atom is 0.338 e. The van der Waals surface area contributed by atoms with Crippen LogP contribution in [0.2, 0.25) is 0 Å². The Bertz CT molecular complexity index is 348. The average molecular weight is 238 g/mol. The molecule has 0 saturated heterocycles. The maximum absolute atomic E-state index is 11.1. The summed E-state index contributed by atoms with van der Waals surface area (Å²) >= 11 is 0. The average Bonchev–Trinajstić information content (AvgIpc) is 2.96. The third-order valence-electron chi connectivity index (χ3n) is 2.75. The van der Waals surface area contributed by atoms with E-state index in [0.29, 0.717) is 19.1 Å². The molecule has 1 aliphatic carbocycles. The number of aromatic nitrogens is 2. The highest BCUT2D eigenvalue weighted by atomic mass is 16.7. The van der Waals surface area contributed by atoms with E-state index in [2.05, 4.69) is 9.97 Å². The maximum atomic E-state index is 11.1. The minimum atomic E-state index is -0.503. The van der Waals surface area contributed by atoms with Crippen LogP contribution in [0.4, 0.5) is 4.79 Å². The highest BCUT2D eigenvalue weighted by molar-refractivity contribution is 5.70. The Morgan fingerprint density at radius 3 is 3.06 bits per heavy atom. The molecule has 0 bridgehead atoms. The van der Waals surface area contributed by atoms with Crippen LogP contribution in [0.15, 0.2) is 12.5 Å². The highest BCUT2D eigenvalue weighted by Crippen LogP contribution is 2.29. The zero-order valence-corrected chi connectivity index (χ0v) is 9.76. The third-order valence-corrected chi connectivity index (χ3v) is 2.75. The van der Waals surface area contributed by atoms with Gasteiger partial charge in [-0.25, -0.2) is 14.8 Å². The summed E-state index contributed by atoms with van der Waals surface area (Å²) < 4.78 is 0. The van der Waals surface area contributed by atoms with Crippen LogP contribution >= 0.6 is 0 Å². The van der Waals surface area contributed by atoms with Crippen LogP contribution < -0.4 is 5.73 Å². The molecule has 1 saturated carbocycles. The van der Waals surface area contributed by atoms with Crippen molar-refractivity contribution in [2.75, 3.05) is 13.2 Å². The summed E-state index contributed by atoms with van der Waals surface area (Å²) in [6.45, 7) is 1.11. The van der Waals surface area contributed by atoms with Crippen molar-refractivity contribution in [2.24, 2.45) is 11.7 Å². The van der Waals surface area contributed by atoms with Gasteiger partial charge in [0.15, 0.2) is 0 Å². The third kappa shape index (κ3) is 4.07. The summed E-state index contributed by atoms with van der Waals surface area (Å²) in [6.07, 6.45) is 7.49. The van der Waals surface area contributed by atoms with Gasteiger partial charge in [-0.3, -0.25) is 4.84 Å². The Hall–Kier alpha value is -1.56. The molecular formula is C11H18N4O2. The lowest BCUT2D eigenvalue weighted by Crippen LogP contribution is -2.37. The molecule has 1 aromatic heterocycles. The molecule has 0 aliphatic heterocycles. The van der Waals surface area contributed by atoms with E-state index in [1.54, 1.807) is 6.33 Å². The van der Waals surface area contributed by atoms with Gasteiger partial charge in [0.05, 0.1) is 25.2 Å². The van der Waals surface area contributed by atoms with Crippen LogP contribution in [0.1, 0.15) is 25.0 Å². The zero-order valence-electron chi connectivity index (χ0n) is 9.76. The molecule has 6 nitrogen and oxygen atoms in total. The number of aromatic amines is 1. The van der Waals surface area contributed by atoms with Crippen molar-refractivity contribution in [2.45, 2.75) is 25.7 Å². The molecule has 1 aliphatic rings. The molecule has 0 atom stereocenters. The number of aryl methyl sites for hydroxylation is 1. The molecule has 17 heavy (non-hydrogen) atoms. The predicted molar refractivity (Wildman–Crippen MR) is 61.9 cm³/mol. The number of hydrogen-bond donors (Lipinski definition) is 2. The first-order valence-electron chi connectivity index (χ1n) is 5.93. The number of carbonyl (C=O) groups excluding carboxylic acids is 1. The van der Waals surface area contributed by atoms with Crippen LogP contribution in [-0.2, 0) is 11.3 Å². The first kappa shape index (κ1) is 11.9. The van der Waals surface area contributed by atoms with E-state index in [0.717, 1.165) is 18.5 Å². The van der Waals surface area contributed by atoms with Crippen molar-refractivity contribution >= 4 is 6.03 Å². The largest absolute Gasteiger partial charge is 0.351 e. The molecule has 1 heterocycles. The molecule has 0 unspecified atom stereocenters. The van der Waals surface area contributed by atoms with Crippen molar-refractivity contribution in [3.05, 3.63) is 18.2 Å². The topological polar surface area (TPSA) is 84.2 Å². The number of hydroxylamine groups is 2. The van der Waals surface area contributed by atoms with Gasteiger partial charge >= 0.3 is 6.03 Å². The second-order valence-corrected chi connectivity index (χ2v) is 4.34. The monoisotopic (exact) mass is 238 g/mol. The Morgan fingerprint density at radius 2 is 2.47 bits per heavy atom. The number of hydrogen-bond acceptors (Lipinski definition) is 3. The molecule has 2 rings (SSSR count). The number of amides is 2. The molecule has 0 radical (unpaired) electrons. The Balaban J connectivity index is 1.63. The second-order valence-electron chi connectivity index (χ2n) is 4.34. The van der Waals surface area contributed by atoms with Gasteiger partial charge in [-0.15, -0.1) is 0 Å². The van der Waals surface area contributed by atoms with E-state index in [4.69, 9.17) is 10.6 Å². The van der Waals surface area contributed by atoms with E-state index in [1.807, 2.05) is 6.20 Å². The van der Waals surface area contributed by atoms with Crippen LogP contribution in [0, 0.1) is 5.92 Å². The van der Waals surface area contributed by atoms with Gasteiger partial charge in [0.25, 0.3) is 0 Å². The molecule has 2 amide bonds. The fraction of sp³-hybridized carbons (Fsp3) is 0.636. The number of imidazole rings is 1. The van der Waals surface area contributed by atoms with Crippen molar-refractivity contribution in [1.29, 1.82) is 0 Å². The number of H-pyrrole nitrogens is 1. The SMILES string of the molecule is NC(=O)N(CC1CC1)OCCCc1c[nH]cn1. The number of urea groups is 1. The number of nitrogens with two attached hydrogens (primary N) is 1. The first-order chi connectivity index (χ1) is 8.25. The normalized spacial score (nSPS) is 14.8. The van der Waals surface area contributed by atoms with Crippen LogP contribution in [0.5, 0.6) is 0 Å². The van der Waals surface area contributed by atoms with Crippen molar-refractivity contribution in [3.8, 4) is 0 Å². The molecule has 94 valence electrons. The zero-order chi connectivity index (χ0) is 12.1. The molecule has 1 aromatic rings. The number of rotatable bonds is 7. The summed E-state index contributed by atoms with van der Waals surface area (Å²) in [5.74, 6) is 0.578. The fourth-order valence-electron chi connectivity index (χ4n) is 1.60. The summed E-state index contributed by atoms with van der Waals surface area (Å²) in [5.41, 5.74) is 6.24. The Kier molecular flexibility index (Phi) is 3.98. The van der Waals surface area contributed by atoms with Gasteiger partial charge in [0.1, 0.15) is 0 Å². The number of nitrogens with zero attached hydrogens (tertiary/aromatic N) is 2. The van der Waals surface area contributed by atoms with E-state index in [9.17, 15) is 4.79 Å². The van der Waals surface area contributed by atoms with Gasteiger partial charge in [-0.2, -0.15) is 0 Å². The number of carbonyl (C=O) groups is 1. The van der Waals surface area contributed by atoms with Gasteiger partial charge in [0.2, 0.25) is 0 Å². The van der Waals surface area contributed by atoms with Crippen LogP contribution in [0.3, 0.4) is 0 Å². The highest BCUT2D eigenvalue weighted by Gasteiger charge is 2.26. The lowest BCUT2D eigenvalue weighted by atomic mass is 10.3. The summed E-state index contributed by atoms with van der Waals surface area (Å²) in [7, 11) is 0. The van der Waals surface area contributed by atoms with Crippen LogP contribution in [0.25, 0.3) is 0 Å². The first-order valence-corrected chi connectivity index (χ1v) is 5.93. The minimum Gasteiger partial charge on any atom is -0.351 e. The molecular weight excluding hydrogens is 220 g/mol. The molecule has 1 fully saturated rings. The van der Waals surface area contributed by atoms with Gasteiger partial charge in [0, 0.05) is 6.20 Å². The Labute approximate surface area is 100 Å². The standard InChI is InChI=1S/C11H18N4O2/c12-11(16)15(7-9-3-4-9)17-5-1-2-10-6-13-8-14-10/h6,8-9H,1-5,7H2,(H2,12,16)(H,13,14). The lowest BCUT2D eigenvalue weighted by Gasteiger charge is -2.19. The summed E-state index contributed by atoms with van der Waals surface area (Å²) in [4.78, 5) is 23.5. The second kappa shape index (κ2) is 5.67. The van der Waals surface area contributed by atoms with Crippen molar-refractivity contribution in [3.63, 3.8) is 0 Å². The van der Waals surface area contributed by atoms with Gasteiger partial charge in [-0.1, -0.05) is 0 Å².